The van der Waals surface area contributed by atoms with Crippen LogP contribution in [0.5, 0.6) is 0 Å². The Morgan fingerprint density at radius 2 is 2.11 bits per heavy atom. The molecule has 2 aliphatic carbocycles. The molecule has 1 saturated heterocycles. The number of amides is 1. The molecule has 0 radical (unpaired) electrons. The first-order valence-electron chi connectivity index (χ1n) is 11.0. The predicted octanol–water partition coefficient (Wildman–Crippen LogP) is 4.75. The number of hydrogen-bond acceptors (Lipinski definition) is 3. The third kappa shape index (κ3) is 3.05. The lowest BCUT2D eigenvalue weighted by Gasteiger charge is -2.53. The SMILES string of the molecule is CCCCCCNC(=O)[C@H]1c2c(C)cccc2[C@H]2CC[C@@]3(C)C[C@]21CC(=O)O3. The number of ether oxygens (including phenoxy) is 1. The van der Waals surface area contributed by atoms with Gasteiger partial charge in [-0.15, -0.1) is 0 Å². The van der Waals surface area contributed by atoms with E-state index >= 15 is 0 Å². The normalized spacial score (nSPS) is 33.0. The average Bonchev–Trinajstić information content (AvgIpc) is 2.89. The van der Waals surface area contributed by atoms with Crippen LogP contribution in [0, 0.1) is 12.3 Å². The summed E-state index contributed by atoms with van der Waals surface area (Å²) in [6.45, 7) is 7.07. The summed E-state index contributed by atoms with van der Waals surface area (Å²) in [5, 5.41) is 3.22. The van der Waals surface area contributed by atoms with Crippen molar-refractivity contribution in [2.45, 2.75) is 89.6 Å². The molecule has 1 N–H and O–H groups in total. The summed E-state index contributed by atoms with van der Waals surface area (Å²) in [5.74, 6) is 0.00432. The van der Waals surface area contributed by atoms with Crippen molar-refractivity contribution in [3.8, 4) is 0 Å². The van der Waals surface area contributed by atoms with Crippen molar-refractivity contribution in [2.75, 3.05) is 6.54 Å². The maximum absolute atomic E-state index is 13.5. The summed E-state index contributed by atoms with van der Waals surface area (Å²) in [4.78, 5) is 26.1. The Morgan fingerprint density at radius 3 is 2.89 bits per heavy atom. The maximum Gasteiger partial charge on any atom is 0.306 e. The lowest BCUT2D eigenvalue weighted by Crippen LogP contribution is -2.54. The Kier molecular flexibility index (Phi) is 5.01. The summed E-state index contributed by atoms with van der Waals surface area (Å²) >= 11 is 0. The Balaban J connectivity index is 1.68. The van der Waals surface area contributed by atoms with Crippen LogP contribution >= 0.6 is 0 Å². The second kappa shape index (κ2) is 7.20. The fraction of sp³-hybridized carbons (Fsp3) is 0.667. The highest BCUT2D eigenvalue weighted by Crippen LogP contribution is 2.67. The molecule has 3 aliphatic rings. The van der Waals surface area contributed by atoms with Gasteiger partial charge >= 0.3 is 5.97 Å². The zero-order valence-electron chi connectivity index (χ0n) is 17.5. The van der Waals surface area contributed by atoms with Crippen LogP contribution in [0.3, 0.4) is 0 Å². The van der Waals surface area contributed by atoms with Gasteiger partial charge in [0.2, 0.25) is 5.91 Å². The first-order chi connectivity index (χ1) is 13.4. The van der Waals surface area contributed by atoms with Crippen LogP contribution in [0.25, 0.3) is 0 Å². The van der Waals surface area contributed by atoms with E-state index in [2.05, 4.69) is 44.3 Å². The minimum absolute atomic E-state index is 0.105. The van der Waals surface area contributed by atoms with E-state index in [1.165, 1.54) is 29.5 Å². The lowest BCUT2D eigenvalue weighted by atomic mass is 9.56. The van der Waals surface area contributed by atoms with Crippen LogP contribution in [0.2, 0.25) is 0 Å². The lowest BCUT2D eigenvalue weighted by molar-refractivity contribution is -0.189. The highest BCUT2D eigenvalue weighted by atomic mass is 16.6. The molecule has 1 saturated carbocycles. The van der Waals surface area contributed by atoms with Gasteiger partial charge in [0.1, 0.15) is 5.60 Å². The van der Waals surface area contributed by atoms with Crippen molar-refractivity contribution >= 4 is 11.9 Å². The first kappa shape index (κ1) is 19.5. The smallest absolute Gasteiger partial charge is 0.306 e. The Labute approximate surface area is 168 Å². The first-order valence-corrected chi connectivity index (χ1v) is 11.0. The van der Waals surface area contributed by atoms with Gasteiger partial charge in [-0.25, -0.2) is 0 Å². The second-order valence-electron chi connectivity index (χ2n) is 9.46. The van der Waals surface area contributed by atoms with E-state index in [0.29, 0.717) is 6.42 Å². The number of aryl methyl sites for hydroxylation is 1. The third-order valence-corrected chi connectivity index (χ3v) is 7.38. The van der Waals surface area contributed by atoms with E-state index in [4.69, 9.17) is 4.74 Å². The topological polar surface area (TPSA) is 55.4 Å². The van der Waals surface area contributed by atoms with Crippen molar-refractivity contribution in [1.82, 2.24) is 5.32 Å². The molecule has 4 heteroatoms. The summed E-state index contributed by atoms with van der Waals surface area (Å²) in [6.07, 6.45) is 7.57. The fourth-order valence-corrected chi connectivity index (χ4v) is 6.31. The number of fused-ring (bicyclic) bond motifs is 3. The molecule has 0 unspecified atom stereocenters. The average molecular weight is 384 g/mol. The summed E-state index contributed by atoms with van der Waals surface area (Å²) in [5.41, 5.74) is 2.89. The van der Waals surface area contributed by atoms with Crippen molar-refractivity contribution in [2.24, 2.45) is 5.41 Å². The monoisotopic (exact) mass is 383 g/mol. The van der Waals surface area contributed by atoms with Crippen molar-refractivity contribution in [3.63, 3.8) is 0 Å². The molecule has 4 atom stereocenters. The van der Waals surface area contributed by atoms with E-state index < -0.39 is 5.60 Å². The van der Waals surface area contributed by atoms with E-state index in [1.807, 2.05) is 0 Å². The van der Waals surface area contributed by atoms with Gasteiger partial charge in [0.05, 0.1) is 12.3 Å². The summed E-state index contributed by atoms with van der Waals surface area (Å²) in [7, 11) is 0. The van der Waals surface area contributed by atoms with Gasteiger partial charge in [-0.05, 0) is 62.1 Å². The van der Waals surface area contributed by atoms with E-state index in [-0.39, 0.29) is 29.1 Å². The third-order valence-electron chi connectivity index (χ3n) is 7.38. The van der Waals surface area contributed by atoms with E-state index in [0.717, 1.165) is 38.6 Å². The van der Waals surface area contributed by atoms with Crippen LogP contribution in [-0.2, 0) is 14.3 Å². The second-order valence-corrected chi connectivity index (χ2v) is 9.46. The maximum atomic E-state index is 13.5. The highest BCUT2D eigenvalue weighted by molar-refractivity contribution is 5.89. The van der Waals surface area contributed by atoms with E-state index in [9.17, 15) is 9.59 Å². The molecule has 4 rings (SSSR count). The van der Waals surface area contributed by atoms with Gasteiger partial charge < -0.3 is 10.1 Å². The van der Waals surface area contributed by atoms with Gasteiger partial charge in [-0.2, -0.15) is 0 Å². The Morgan fingerprint density at radius 1 is 1.29 bits per heavy atom. The minimum atomic E-state index is -0.429. The van der Waals surface area contributed by atoms with Crippen molar-refractivity contribution in [1.29, 1.82) is 0 Å². The molecule has 1 heterocycles. The van der Waals surface area contributed by atoms with Crippen LogP contribution in [0.1, 0.15) is 93.7 Å². The molecule has 152 valence electrons. The number of esters is 1. The van der Waals surface area contributed by atoms with Crippen molar-refractivity contribution in [3.05, 3.63) is 34.9 Å². The number of carbonyl (C=O) groups is 2. The number of unbranched alkanes of at least 4 members (excludes halogenated alkanes) is 3. The molecule has 1 spiro atoms. The Bertz CT molecular complexity index is 788. The van der Waals surface area contributed by atoms with Gasteiger partial charge in [0, 0.05) is 12.0 Å². The van der Waals surface area contributed by atoms with Crippen LogP contribution in [0.4, 0.5) is 0 Å². The molecule has 28 heavy (non-hydrogen) atoms. The number of nitrogens with one attached hydrogen (secondary N) is 1. The molecule has 0 aromatic heterocycles. The molecule has 1 amide bonds. The van der Waals surface area contributed by atoms with E-state index in [1.54, 1.807) is 0 Å². The van der Waals surface area contributed by atoms with Crippen LogP contribution in [0.15, 0.2) is 18.2 Å². The standard InChI is InChI=1S/C24H33NO3/c1-4-5-6-7-13-25-22(27)21-20-16(2)9-8-10-17(20)18-11-12-23(3)15-24(18,21)14-19(26)28-23/h8-10,18,21H,4-7,11-15H2,1-3H3,(H,25,27)/t18-,21-,23+,24-/m1/s1. The van der Waals surface area contributed by atoms with Gasteiger partial charge in [-0.1, -0.05) is 44.4 Å². The number of hydrogen-bond donors (Lipinski definition) is 1. The number of carbonyl (C=O) groups excluding carboxylic acids is 2. The molecular formula is C24H33NO3. The minimum Gasteiger partial charge on any atom is -0.459 e. The molecule has 2 bridgehead atoms. The quantitative estimate of drug-likeness (QED) is 0.570. The zero-order valence-corrected chi connectivity index (χ0v) is 17.5. The molecule has 1 aliphatic heterocycles. The van der Waals surface area contributed by atoms with Crippen LogP contribution < -0.4 is 5.32 Å². The van der Waals surface area contributed by atoms with Gasteiger partial charge in [0.15, 0.2) is 0 Å². The van der Waals surface area contributed by atoms with Crippen LogP contribution in [-0.4, -0.2) is 24.0 Å². The zero-order chi connectivity index (χ0) is 19.9. The predicted molar refractivity (Wildman–Crippen MR) is 109 cm³/mol. The van der Waals surface area contributed by atoms with Crippen molar-refractivity contribution < 1.29 is 14.3 Å². The molecule has 4 nitrogen and oxygen atoms in total. The Hall–Kier alpha value is -1.84. The largest absolute Gasteiger partial charge is 0.459 e. The number of benzene rings is 1. The highest BCUT2D eigenvalue weighted by Gasteiger charge is 2.64. The number of rotatable bonds is 6. The summed E-state index contributed by atoms with van der Waals surface area (Å²) in [6, 6.07) is 6.39. The molecule has 2 fully saturated rings. The molecule has 1 aromatic carbocycles. The van der Waals surface area contributed by atoms with Gasteiger partial charge in [-0.3, -0.25) is 9.59 Å². The molecule has 1 aromatic rings. The molecular weight excluding hydrogens is 350 g/mol. The fourth-order valence-electron chi connectivity index (χ4n) is 6.31. The summed E-state index contributed by atoms with van der Waals surface area (Å²) < 4.78 is 5.76. The van der Waals surface area contributed by atoms with Gasteiger partial charge in [0.25, 0.3) is 0 Å².